The van der Waals surface area contributed by atoms with Crippen LogP contribution in [0.25, 0.3) is 11.0 Å². The standard InChI is InChI=1S/C17H16N4O4S/c22-16-5-2-13-12-14(3-4-15(13)25-16)26(23,24)21-10-8-20(9-11-21)17-18-6-1-7-19-17/h1-7,12H,8-11H2. The van der Waals surface area contributed by atoms with Gasteiger partial charge in [0.2, 0.25) is 16.0 Å². The minimum absolute atomic E-state index is 0.184. The van der Waals surface area contributed by atoms with Gasteiger partial charge in [0.15, 0.2) is 0 Å². The Bertz CT molecular complexity index is 1090. The number of fused-ring (bicyclic) bond motifs is 1. The lowest BCUT2D eigenvalue weighted by Crippen LogP contribution is -2.49. The normalized spacial score (nSPS) is 16.1. The van der Waals surface area contributed by atoms with Crippen molar-refractivity contribution in [2.75, 3.05) is 31.1 Å². The third-order valence-electron chi connectivity index (χ3n) is 4.30. The maximum absolute atomic E-state index is 12.9. The lowest BCUT2D eigenvalue weighted by molar-refractivity contribution is 0.382. The topological polar surface area (TPSA) is 96.6 Å². The first kappa shape index (κ1) is 16.7. The van der Waals surface area contributed by atoms with Crippen molar-refractivity contribution in [3.8, 4) is 0 Å². The number of nitrogens with zero attached hydrogens (tertiary/aromatic N) is 4. The Morgan fingerprint density at radius 3 is 2.42 bits per heavy atom. The van der Waals surface area contributed by atoms with Crippen molar-refractivity contribution in [1.29, 1.82) is 0 Å². The fourth-order valence-electron chi connectivity index (χ4n) is 2.94. The molecular weight excluding hydrogens is 356 g/mol. The molecule has 4 rings (SSSR count). The Hall–Kier alpha value is -2.78. The Balaban J connectivity index is 1.56. The molecule has 0 unspecified atom stereocenters. The van der Waals surface area contributed by atoms with Gasteiger partial charge in [-0.05, 0) is 30.3 Å². The van der Waals surface area contributed by atoms with Crippen LogP contribution in [0.2, 0.25) is 0 Å². The van der Waals surface area contributed by atoms with Gasteiger partial charge in [0.25, 0.3) is 0 Å². The molecule has 1 aliphatic heterocycles. The minimum atomic E-state index is -3.62. The number of hydrogen-bond acceptors (Lipinski definition) is 7. The van der Waals surface area contributed by atoms with Crippen molar-refractivity contribution in [3.63, 3.8) is 0 Å². The fraction of sp³-hybridized carbons (Fsp3) is 0.235. The molecule has 1 fully saturated rings. The predicted octanol–water partition coefficient (Wildman–Crippen LogP) is 1.09. The molecule has 26 heavy (non-hydrogen) atoms. The second-order valence-corrected chi connectivity index (χ2v) is 7.83. The summed E-state index contributed by atoms with van der Waals surface area (Å²) < 4.78 is 32.4. The van der Waals surface area contributed by atoms with Crippen molar-refractivity contribution < 1.29 is 12.8 Å². The lowest BCUT2D eigenvalue weighted by atomic mass is 10.2. The van der Waals surface area contributed by atoms with Crippen molar-refractivity contribution in [3.05, 3.63) is 59.2 Å². The summed E-state index contributed by atoms with van der Waals surface area (Å²) in [6, 6.07) is 9.08. The summed E-state index contributed by atoms with van der Waals surface area (Å²) in [5.41, 5.74) is -0.102. The first-order chi connectivity index (χ1) is 12.5. The zero-order chi connectivity index (χ0) is 18.1. The number of sulfonamides is 1. The van der Waals surface area contributed by atoms with Gasteiger partial charge in [-0.15, -0.1) is 0 Å². The van der Waals surface area contributed by atoms with E-state index < -0.39 is 15.6 Å². The molecule has 134 valence electrons. The Morgan fingerprint density at radius 1 is 0.962 bits per heavy atom. The van der Waals surface area contributed by atoms with E-state index in [1.807, 2.05) is 4.90 Å². The number of piperazine rings is 1. The number of anilines is 1. The second-order valence-electron chi connectivity index (χ2n) is 5.89. The highest BCUT2D eigenvalue weighted by Crippen LogP contribution is 2.22. The maximum atomic E-state index is 12.9. The predicted molar refractivity (Wildman–Crippen MR) is 95.5 cm³/mol. The van der Waals surface area contributed by atoms with Crippen LogP contribution in [0.5, 0.6) is 0 Å². The van der Waals surface area contributed by atoms with E-state index >= 15 is 0 Å². The first-order valence-corrected chi connectivity index (χ1v) is 9.54. The molecule has 1 aromatic carbocycles. The highest BCUT2D eigenvalue weighted by molar-refractivity contribution is 7.89. The van der Waals surface area contributed by atoms with Crippen molar-refractivity contribution in [1.82, 2.24) is 14.3 Å². The van der Waals surface area contributed by atoms with Crippen LogP contribution in [0.4, 0.5) is 5.95 Å². The Labute approximate surface area is 149 Å². The van der Waals surface area contributed by atoms with Crippen LogP contribution in [-0.4, -0.2) is 48.9 Å². The van der Waals surface area contributed by atoms with Crippen LogP contribution in [0.3, 0.4) is 0 Å². The van der Waals surface area contributed by atoms with E-state index in [2.05, 4.69) is 9.97 Å². The van der Waals surface area contributed by atoms with Gasteiger partial charge in [-0.2, -0.15) is 4.31 Å². The molecule has 0 bridgehead atoms. The van der Waals surface area contributed by atoms with Crippen LogP contribution < -0.4 is 10.5 Å². The summed E-state index contributed by atoms with van der Waals surface area (Å²) in [5, 5.41) is 0.571. The third-order valence-corrected chi connectivity index (χ3v) is 6.20. The summed E-state index contributed by atoms with van der Waals surface area (Å²) in [5.74, 6) is 0.602. The average Bonchev–Trinajstić information content (AvgIpc) is 2.68. The van der Waals surface area contributed by atoms with Gasteiger partial charge >= 0.3 is 5.63 Å². The Kier molecular flexibility index (Phi) is 4.17. The highest BCUT2D eigenvalue weighted by Gasteiger charge is 2.29. The van der Waals surface area contributed by atoms with Crippen LogP contribution in [0, 0.1) is 0 Å². The maximum Gasteiger partial charge on any atom is 0.336 e. The molecule has 0 radical (unpaired) electrons. The third kappa shape index (κ3) is 3.06. The summed E-state index contributed by atoms with van der Waals surface area (Å²) in [7, 11) is -3.62. The summed E-state index contributed by atoms with van der Waals surface area (Å²) in [4.78, 5) is 21.8. The smallest absolute Gasteiger partial charge is 0.336 e. The van der Waals surface area contributed by atoms with Gasteiger partial charge in [-0.3, -0.25) is 0 Å². The molecule has 9 heteroatoms. The fourth-order valence-corrected chi connectivity index (χ4v) is 4.40. The van der Waals surface area contributed by atoms with Gasteiger partial charge in [-0.25, -0.2) is 23.2 Å². The van der Waals surface area contributed by atoms with Crippen LogP contribution in [-0.2, 0) is 10.0 Å². The molecule has 0 aliphatic carbocycles. The zero-order valence-corrected chi connectivity index (χ0v) is 14.6. The van der Waals surface area contributed by atoms with E-state index in [9.17, 15) is 13.2 Å². The number of hydrogen-bond donors (Lipinski definition) is 0. The molecule has 2 aromatic heterocycles. The average molecular weight is 372 g/mol. The van der Waals surface area contributed by atoms with Crippen molar-refractivity contribution in [2.24, 2.45) is 0 Å². The second kappa shape index (κ2) is 6.50. The molecule has 0 amide bonds. The van der Waals surface area contributed by atoms with Crippen LogP contribution in [0.1, 0.15) is 0 Å². The van der Waals surface area contributed by atoms with E-state index in [0.717, 1.165) is 0 Å². The van der Waals surface area contributed by atoms with E-state index in [4.69, 9.17) is 4.42 Å². The molecule has 0 spiro atoms. The largest absolute Gasteiger partial charge is 0.423 e. The van der Waals surface area contributed by atoms with E-state index in [1.54, 1.807) is 24.5 Å². The van der Waals surface area contributed by atoms with Crippen LogP contribution in [0.15, 0.2) is 62.9 Å². The highest BCUT2D eigenvalue weighted by atomic mass is 32.2. The van der Waals surface area contributed by atoms with E-state index in [0.29, 0.717) is 43.1 Å². The molecule has 8 nitrogen and oxygen atoms in total. The number of aromatic nitrogens is 2. The van der Waals surface area contributed by atoms with Crippen LogP contribution >= 0.6 is 0 Å². The van der Waals surface area contributed by atoms with E-state index in [1.165, 1.54) is 28.6 Å². The van der Waals surface area contributed by atoms with Gasteiger partial charge < -0.3 is 9.32 Å². The zero-order valence-electron chi connectivity index (χ0n) is 13.8. The quantitative estimate of drug-likeness (QED) is 0.635. The minimum Gasteiger partial charge on any atom is -0.423 e. The van der Waals surface area contributed by atoms with Crippen molar-refractivity contribution >= 4 is 26.9 Å². The molecule has 3 aromatic rings. The number of benzene rings is 1. The monoisotopic (exact) mass is 372 g/mol. The van der Waals surface area contributed by atoms with E-state index in [-0.39, 0.29) is 4.90 Å². The number of rotatable bonds is 3. The molecule has 0 atom stereocenters. The van der Waals surface area contributed by atoms with Crippen molar-refractivity contribution in [2.45, 2.75) is 4.90 Å². The lowest BCUT2D eigenvalue weighted by Gasteiger charge is -2.33. The summed E-state index contributed by atoms with van der Waals surface area (Å²) >= 11 is 0. The van der Waals surface area contributed by atoms with Gasteiger partial charge in [0, 0.05) is 50.0 Å². The molecule has 0 N–H and O–H groups in total. The molecule has 3 heterocycles. The van der Waals surface area contributed by atoms with Gasteiger partial charge in [0.1, 0.15) is 5.58 Å². The van der Waals surface area contributed by atoms with Gasteiger partial charge in [-0.1, -0.05) is 0 Å². The molecule has 1 saturated heterocycles. The first-order valence-electron chi connectivity index (χ1n) is 8.10. The summed E-state index contributed by atoms with van der Waals surface area (Å²) in [6.07, 6.45) is 3.33. The SMILES string of the molecule is O=c1ccc2cc(S(=O)(=O)N3CCN(c4ncccn4)CC3)ccc2o1. The molecule has 1 aliphatic rings. The molecule has 0 saturated carbocycles. The summed E-state index contributed by atoms with van der Waals surface area (Å²) in [6.45, 7) is 1.74. The molecular formula is C17H16N4O4S. The van der Waals surface area contributed by atoms with Gasteiger partial charge in [0.05, 0.1) is 4.90 Å². The Morgan fingerprint density at radius 2 is 1.69 bits per heavy atom.